The minimum absolute atomic E-state index is 0.639. The maximum absolute atomic E-state index is 3.61. The SMILES string of the molecule is CCNC(CN1CCN(CC)C(C)C1)C(C)C. The number of likely N-dealkylation sites (N-methyl/N-ethyl adjacent to an activating group) is 2. The molecule has 0 aromatic rings. The van der Waals surface area contributed by atoms with Crippen molar-refractivity contribution in [2.75, 3.05) is 39.3 Å². The molecule has 1 aliphatic heterocycles. The minimum Gasteiger partial charge on any atom is -0.313 e. The molecular weight excluding hydrogens is 210 g/mol. The van der Waals surface area contributed by atoms with Crippen LogP contribution in [-0.4, -0.2) is 61.2 Å². The highest BCUT2D eigenvalue weighted by atomic mass is 15.3. The molecule has 1 aliphatic rings. The standard InChI is InChI=1S/C14H31N3/c1-6-15-14(12(3)4)11-16-8-9-17(7-2)13(5)10-16/h12-15H,6-11H2,1-5H3. The van der Waals surface area contributed by atoms with Gasteiger partial charge in [-0.1, -0.05) is 27.7 Å². The van der Waals surface area contributed by atoms with E-state index in [-0.39, 0.29) is 0 Å². The topological polar surface area (TPSA) is 18.5 Å². The average molecular weight is 241 g/mol. The van der Waals surface area contributed by atoms with Crippen molar-refractivity contribution >= 4 is 0 Å². The molecule has 17 heavy (non-hydrogen) atoms. The number of piperazine rings is 1. The van der Waals surface area contributed by atoms with Gasteiger partial charge in [-0.2, -0.15) is 0 Å². The van der Waals surface area contributed by atoms with Gasteiger partial charge < -0.3 is 5.32 Å². The van der Waals surface area contributed by atoms with E-state index in [1.54, 1.807) is 0 Å². The summed E-state index contributed by atoms with van der Waals surface area (Å²) < 4.78 is 0. The Hall–Kier alpha value is -0.120. The van der Waals surface area contributed by atoms with Gasteiger partial charge in [0.25, 0.3) is 0 Å². The van der Waals surface area contributed by atoms with Gasteiger partial charge in [0.2, 0.25) is 0 Å². The molecule has 0 saturated carbocycles. The Morgan fingerprint density at radius 3 is 2.41 bits per heavy atom. The fourth-order valence-corrected chi connectivity index (χ4v) is 2.76. The van der Waals surface area contributed by atoms with Crippen molar-refractivity contribution in [2.24, 2.45) is 5.92 Å². The fourth-order valence-electron chi connectivity index (χ4n) is 2.76. The highest BCUT2D eigenvalue weighted by Crippen LogP contribution is 2.11. The summed E-state index contributed by atoms with van der Waals surface area (Å²) >= 11 is 0. The number of hydrogen-bond acceptors (Lipinski definition) is 3. The molecule has 1 heterocycles. The zero-order valence-electron chi connectivity index (χ0n) is 12.4. The molecule has 2 unspecified atom stereocenters. The highest BCUT2D eigenvalue weighted by molar-refractivity contribution is 4.82. The number of nitrogens with zero attached hydrogens (tertiary/aromatic N) is 2. The lowest BCUT2D eigenvalue weighted by Gasteiger charge is -2.41. The number of rotatable bonds is 6. The average Bonchev–Trinajstić information content (AvgIpc) is 2.28. The number of nitrogens with one attached hydrogen (secondary N) is 1. The van der Waals surface area contributed by atoms with Crippen LogP contribution >= 0.6 is 0 Å². The molecule has 0 bridgehead atoms. The van der Waals surface area contributed by atoms with E-state index in [0.29, 0.717) is 12.1 Å². The summed E-state index contributed by atoms with van der Waals surface area (Å²) in [7, 11) is 0. The molecule has 3 nitrogen and oxygen atoms in total. The van der Waals surface area contributed by atoms with Crippen LogP contribution in [0.4, 0.5) is 0 Å². The van der Waals surface area contributed by atoms with Crippen LogP contribution in [0.5, 0.6) is 0 Å². The van der Waals surface area contributed by atoms with Gasteiger partial charge in [0.05, 0.1) is 0 Å². The summed E-state index contributed by atoms with van der Waals surface area (Å²) in [5.74, 6) is 0.717. The minimum atomic E-state index is 0.639. The maximum Gasteiger partial charge on any atom is 0.0217 e. The third-order valence-corrected chi connectivity index (χ3v) is 3.98. The zero-order valence-corrected chi connectivity index (χ0v) is 12.4. The molecule has 102 valence electrons. The summed E-state index contributed by atoms with van der Waals surface area (Å²) in [6.45, 7) is 18.6. The molecule has 1 rings (SSSR count). The van der Waals surface area contributed by atoms with Crippen LogP contribution in [0, 0.1) is 5.92 Å². The van der Waals surface area contributed by atoms with E-state index in [1.807, 2.05) is 0 Å². The summed E-state index contributed by atoms with van der Waals surface area (Å²) in [4.78, 5) is 5.21. The largest absolute Gasteiger partial charge is 0.313 e. The Balaban J connectivity index is 2.41. The van der Waals surface area contributed by atoms with E-state index < -0.39 is 0 Å². The molecular formula is C14H31N3. The van der Waals surface area contributed by atoms with Crippen LogP contribution in [0.2, 0.25) is 0 Å². The first-order valence-corrected chi connectivity index (χ1v) is 7.28. The molecule has 3 heteroatoms. The molecule has 0 aliphatic carbocycles. The second kappa shape index (κ2) is 7.34. The van der Waals surface area contributed by atoms with E-state index in [2.05, 4.69) is 49.7 Å². The lowest BCUT2D eigenvalue weighted by atomic mass is 10.0. The fraction of sp³-hybridized carbons (Fsp3) is 1.00. The lowest BCUT2D eigenvalue weighted by Crippen LogP contribution is -2.55. The van der Waals surface area contributed by atoms with E-state index in [4.69, 9.17) is 0 Å². The first-order chi connectivity index (χ1) is 8.08. The highest BCUT2D eigenvalue weighted by Gasteiger charge is 2.24. The summed E-state index contributed by atoms with van der Waals surface area (Å²) in [5.41, 5.74) is 0. The van der Waals surface area contributed by atoms with E-state index in [1.165, 1.54) is 32.7 Å². The van der Waals surface area contributed by atoms with Crippen molar-refractivity contribution in [3.63, 3.8) is 0 Å². The van der Waals surface area contributed by atoms with Crippen molar-refractivity contribution in [2.45, 2.75) is 46.7 Å². The Kier molecular flexibility index (Phi) is 6.45. The zero-order chi connectivity index (χ0) is 12.8. The van der Waals surface area contributed by atoms with Crippen molar-refractivity contribution in [1.29, 1.82) is 0 Å². The Bertz CT molecular complexity index is 206. The molecule has 1 saturated heterocycles. The van der Waals surface area contributed by atoms with Gasteiger partial charge in [0.1, 0.15) is 0 Å². The molecule has 0 radical (unpaired) electrons. The summed E-state index contributed by atoms with van der Waals surface area (Å²) in [6, 6.07) is 1.35. The van der Waals surface area contributed by atoms with Crippen LogP contribution in [0.1, 0.15) is 34.6 Å². The van der Waals surface area contributed by atoms with E-state index in [0.717, 1.165) is 12.5 Å². The van der Waals surface area contributed by atoms with Gasteiger partial charge in [0, 0.05) is 38.3 Å². The quantitative estimate of drug-likeness (QED) is 0.763. The molecule has 2 atom stereocenters. The van der Waals surface area contributed by atoms with Gasteiger partial charge in [-0.3, -0.25) is 9.80 Å². The molecule has 1 N–H and O–H groups in total. The molecule has 0 aromatic heterocycles. The predicted octanol–water partition coefficient (Wildman–Crippen LogP) is 1.65. The van der Waals surface area contributed by atoms with Crippen LogP contribution in [0.15, 0.2) is 0 Å². The van der Waals surface area contributed by atoms with E-state index >= 15 is 0 Å². The first-order valence-electron chi connectivity index (χ1n) is 7.28. The van der Waals surface area contributed by atoms with Crippen LogP contribution in [0.25, 0.3) is 0 Å². The van der Waals surface area contributed by atoms with Crippen molar-refractivity contribution in [3.05, 3.63) is 0 Å². The van der Waals surface area contributed by atoms with Gasteiger partial charge in [-0.05, 0) is 25.9 Å². The van der Waals surface area contributed by atoms with Gasteiger partial charge in [-0.15, -0.1) is 0 Å². The van der Waals surface area contributed by atoms with Crippen molar-refractivity contribution in [3.8, 4) is 0 Å². The van der Waals surface area contributed by atoms with Crippen molar-refractivity contribution in [1.82, 2.24) is 15.1 Å². The lowest BCUT2D eigenvalue weighted by molar-refractivity contribution is 0.0771. The third kappa shape index (κ3) is 4.57. The van der Waals surface area contributed by atoms with Gasteiger partial charge in [0.15, 0.2) is 0 Å². The second-order valence-corrected chi connectivity index (χ2v) is 5.65. The van der Waals surface area contributed by atoms with Crippen LogP contribution < -0.4 is 5.32 Å². The molecule has 0 amide bonds. The van der Waals surface area contributed by atoms with Crippen LogP contribution in [0.3, 0.4) is 0 Å². The normalized spacial score (nSPS) is 25.4. The third-order valence-electron chi connectivity index (χ3n) is 3.98. The van der Waals surface area contributed by atoms with Gasteiger partial charge >= 0.3 is 0 Å². The number of hydrogen-bond donors (Lipinski definition) is 1. The molecule has 1 fully saturated rings. The Labute approximate surface area is 108 Å². The second-order valence-electron chi connectivity index (χ2n) is 5.65. The van der Waals surface area contributed by atoms with Crippen molar-refractivity contribution < 1.29 is 0 Å². The predicted molar refractivity (Wildman–Crippen MR) is 75.5 cm³/mol. The summed E-state index contributed by atoms with van der Waals surface area (Å²) in [5, 5.41) is 3.61. The smallest absolute Gasteiger partial charge is 0.0217 e. The summed E-state index contributed by atoms with van der Waals surface area (Å²) in [6.07, 6.45) is 0. The Morgan fingerprint density at radius 2 is 1.94 bits per heavy atom. The first kappa shape index (κ1) is 14.9. The van der Waals surface area contributed by atoms with Crippen LogP contribution in [-0.2, 0) is 0 Å². The maximum atomic E-state index is 3.61. The molecule has 0 spiro atoms. The molecule has 0 aromatic carbocycles. The Morgan fingerprint density at radius 1 is 1.24 bits per heavy atom. The van der Waals surface area contributed by atoms with Gasteiger partial charge in [-0.25, -0.2) is 0 Å². The van der Waals surface area contributed by atoms with E-state index in [9.17, 15) is 0 Å². The monoisotopic (exact) mass is 241 g/mol.